The number of aliphatic hydroxyl groups is 1. The van der Waals surface area contributed by atoms with E-state index in [1.165, 1.54) is 0 Å². The summed E-state index contributed by atoms with van der Waals surface area (Å²) in [5.74, 6) is 0. The van der Waals surface area contributed by atoms with Crippen molar-refractivity contribution in [3.8, 4) is 0 Å². The van der Waals surface area contributed by atoms with E-state index in [-0.39, 0.29) is 23.0 Å². The van der Waals surface area contributed by atoms with Crippen LogP contribution in [-0.4, -0.2) is 23.9 Å². The van der Waals surface area contributed by atoms with Crippen molar-refractivity contribution >= 4 is 0 Å². The van der Waals surface area contributed by atoms with Gasteiger partial charge in [-0.3, -0.25) is 0 Å². The molecule has 0 aromatic rings. The largest absolute Gasteiger partial charge is 0.396 e. The minimum atomic E-state index is -0.122. The van der Waals surface area contributed by atoms with Gasteiger partial charge in [-0.1, -0.05) is 27.7 Å². The summed E-state index contributed by atoms with van der Waals surface area (Å²) in [5.41, 5.74) is 0.107. The maximum Gasteiger partial charge on any atom is 0.0757 e. The Hall–Kier alpha value is -0.0800. The van der Waals surface area contributed by atoms with Crippen LogP contribution in [0.25, 0.3) is 0 Å². The third kappa shape index (κ3) is 1.59. The molecule has 1 atom stereocenters. The van der Waals surface area contributed by atoms with Crippen molar-refractivity contribution in [2.45, 2.75) is 53.1 Å². The number of hydrogen-bond donors (Lipinski definition) is 1. The third-order valence-electron chi connectivity index (χ3n) is 4.44. The zero-order valence-corrected chi connectivity index (χ0v) is 10.2. The summed E-state index contributed by atoms with van der Waals surface area (Å²) < 4.78 is 5.96. The maximum absolute atomic E-state index is 9.09. The van der Waals surface area contributed by atoms with Gasteiger partial charge < -0.3 is 9.84 Å². The van der Waals surface area contributed by atoms with Crippen LogP contribution >= 0.6 is 0 Å². The summed E-state index contributed by atoms with van der Waals surface area (Å²) in [5, 5.41) is 9.09. The van der Waals surface area contributed by atoms with E-state index in [0.29, 0.717) is 0 Å². The van der Waals surface area contributed by atoms with Crippen molar-refractivity contribution < 1.29 is 9.84 Å². The molecule has 1 aliphatic rings. The topological polar surface area (TPSA) is 29.5 Å². The average Bonchev–Trinajstić information content (AvgIpc) is 2.28. The van der Waals surface area contributed by atoms with Crippen LogP contribution in [0.15, 0.2) is 0 Å². The fourth-order valence-corrected chi connectivity index (χ4v) is 2.57. The summed E-state index contributed by atoms with van der Waals surface area (Å²) in [6.07, 6.45) is 1.91. The molecule has 0 spiro atoms. The zero-order chi connectivity index (χ0) is 11.0. The van der Waals surface area contributed by atoms with Gasteiger partial charge in [0.2, 0.25) is 0 Å². The van der Waals surface area contributed by atoms with E-state index in [4.69, 9.17) is 9.84 Å². The monoisotopic (exact) mass is 200 g/mol. The molecule has 1 heterocycles. The summed E-state index contributed by atoms with van der Waals surface area (Å²) in [6.45, 7) is 12.2. The summed E-state index contributed by atoms with van der Waals surface area (Å²) in [4.78, 5) is 0. The predicted octanol–water partition coefficient (Wildman–Crippen LogP) is 2.60. The van der Waals surface area contributed by atoms with Crippen molar-refractivity contribution in [2.75, 3.05) is 13.2 Å². The van der Waals surface area contributed by atoms with E-state index in [1.54, 1.807) is 0 Å². The van der Waals surface area contributed by atoms with Gasteiger partial charge in [-0.05, 0) is 30.6 Å². The first kappa shape index (κ1) is 12.0. The lowest BCUT2D eigenvalue weighted by Crippen LogP contribution is -2.51. The molecule has 2 heteroatoms. The molecule has 14 heavy (non-hydrogen) atoms. The summed E-state index contributed by atoms with van der Waals surface area (Å²) in [6, 6.07) is 0. The number of aliphatic hydroxyl groups excluding tert-OH is 1. The van der Waals surface area contributed by atoms with Gasteiger partial charge in [0.05, 0.1) is 5.60 Å². The van der Waals surface area contributed by atoms with Gasteiger partial charge in [0, 0.05) is 13.2 Å². The molecule has 0 aromatic heterocycles. The molecule has 2 nitrogen and oxygen atoms in total. The van der Waals surface area contributed by atoms with Crippen molar-refractivity contribution in [1.82, 2.24) is 0 Å². The van der Waals surface area contributed by atoms with Crippen LogP contribution in [0.3, 0.4) is 0 Å². The van der Waals surface area contributed by atoms with E-state index in [0.717, 1.165) is 19.4 Å². The lowest BCUT2D eigenvalue weighted by atomic mass is 9.61. The van der Waals surface area contributed by atoms with Crippen LogP contribution in [-0.2, 0) is 4.74 Å². The molecule has 1 saturated heterocycles. The van der Waals surface area contributed by atoms with Gasteiger partial charge in [-0.2, -0.15) is 0 Å². The van der Waals surface area contributed by atoms with Crippen molar-refractivity contribution in [1.29, 1.82) is 0 Å². The summed E-state index contributed by atoms with van der Waals surface area (Å²) in [7, 11) is 0. The van der Waals surface area contributed by atoms with E-state index in [1.807, 2.05) is 0 Å². The first-order chi connectivity index (χ1) is 6.27. The molecular weight excluding hydrogens is 176 g/mol. The Labute approximate surface area is 87.7 Å². The van der Waals surface area contributed by atoms with Gasteiger partial charge in [0.15, 0.2) is 0 Å². The number of ether oxygens (including phenoxy) is 1. The highest BCUT2D eigenvalue weighted by molar-refractivity contribution is 5.04. The maximum atomic E-state index is 9.09. The van der Waals surface area contributed by atoms with Crippen molar-refractivity contribution in [3.05, 3.63) is 0 Å². The molecule has 1 rings (SSSR count). The lowest BCUT2D eigenvalue weighted by Gasteiger charge is -2.48. The summed E-state index contributed by atoms with van der Waals surface area (Å²) >= 11 is 0. The Morgan fingerprint density at radius 2 is 1.86 bits per heavy atom. The minimum Gasteiger partial charge on any atom is -0.396 e. The Kier molecular flexibility index (Phi) is 2.99. The molecule has 0 aliphatic carbocycles. The molecule has 1 fully saturated rings. The molecule has 0 saturated carbocycles. The molecule has 0 amide bonds. The molecular formula is C12H24O2. The van der Waals surface area contributed by atoms with Crippen molar-refractivity contribution in [2.24, 2.45) is 10.8 Å². The fraction of sp³-hybridized carbons (Fsp3) is 1.00. The van der Waals surface area contributed by atoms with E-state index in [9.17, 15) is 0 Å². The SMILES string of the molecule is CC(C)(CCO)C1(C)OCCC1(C)C. The lowest BCUT2D eigenvalue weighted by molar-refractivity contribution is -0.128. The number of hydrogen-bond acceptors (Lipinski definition) is 2. The number of rotatable bonds is 3. The Balaban J connectivity index is 2.93. The highest BCUT2D eigenvalue weighted by Crippen LogP contribution is 2.53. The highest BCUT2D eigenvalue weighted by atomic mass is 16.5. The average molecular weight is 200 g/mol. The zero-order valence-electron chi connectivity index (χ0n) is 10.2. The van der Waals surface area contributed by atoms with Gasteiger partial charge >= 0.3 is 0 Å². The van der Waals surface area contributed by atoms with Gasteiger partial charge in [-0.25, -0.2) is 0 Å². The molecule has 1 unspecified atom stereocenters. The third-order valence-corrected chi connectivity index (χ3v) is 4.44. The quantitative estimate of drug-likeness (QED) is 0.759. The van der Waals surface area contributed by atoms with E-state index in [2.05, 4.69) is 34.6 Å². The normalized spacial score (nSPS) is 32.1. The van der Waals surface area contributed by atoms with Crippen LogP contribution in [0.2, 0.25) is 0 Å². The second kappa shape index (κ2) is 3.49. The van der Waals surface area contributed by atoms with Crippen LogP contribution in [0.4, 0.5) is 0 Å². The minimum absolute atomic E-state index is 0.0295. The molecule has 84 valence electrons. The smallest absolute Gasteiger partial charge is 0.0757 e. The first-order valence-corrected chi connectivity index (χ1v) is 5.52. The van der Waals surface area contributed by atoms with Crippen LogP contribution in [0.5, 0.6) is 0 Å². The predicted molar refractivity (Wildman–Crippen MR) is 58.2 cm³/mol. The Morgan fingerprint density at radius 1 is 1.29 bits per heavy atom. The van der Waals surface area contributed by atoms with Crippen LogP contribution in [0.1, 0.15) is 47.5 Å². The van der Waals surface area contributed by atoms with Crippen LogP contribution in [0, 0.1) is 10.8 Å². The molecule has 0 radical (unpaired) electrons. The van der Waals surface area contributed by atoms with Gasteiger partial charge in [-0.15, -0.1) is 0 Å². The standard InChI is InChI=1S/C12H24O2/c1-10(2,6-8-13)12(5)11(3,4)7-9-14-12/h13H,6-9H2,1-5H3. The van der Waals surface area contributed by atoms with Crippen LogP contribution < -0.4 is 0 Å². The fourth-order valence-electron chi connectivity index (χ4n) is 2.57. The van der Waals surface area contributed by atoms with Gasteiger partial charge in [0.25, 0.3) is 0 Å². The highest BCUT2D eigenvalue weighted by Gasteiger charge is 2.55. The van der Waals surface area contributed by atoms with Crippen molar-refractivity contribution in [3.63, 3.8) is 0 Å². The van der Waals surface area contributed by atoms with E-state index >= 15 is 0 Å². The molecule has 1 N–H and O–H groups in total. The Bertz CT molecular complexity index is 208. The molecule has 0 aromatic carbocycles. The Morgan fingerprint density at radius 3 is 2.21 bits per heavy atom. The first-order valence-electron chi connectivity index (χ1n) is 5.52. The molecule has 1 aliphatic heterocycles. The van der Waals surface area contributed by atoms with E-state index < -0.39 is 0 Å². The second-order valence-electron chi connectivity index (χ2n) is 5.87. The molecule has 0 bridgehead atoms. The second-order valence-corrected chi connectivity index (χ2v) is 5.87. The van der Waals surface area contributed by atoms with Gasteiger partial charge in [0.1, 0.15) is 0 Å².